The van der Waals surface area contributed by atoms with Crippen LogP contribution in [-0.4, -0.2) is 81.0 Å². The Morgan fingerprint density at radius 2 is 1.72 bits per heavy atom. The lowest BCUT2D eigenvalue weighted by Crippen LogP contribution is -2.55. The Kier molecular flexibility index (Phi) is 9.99. The monoisotopic (exact) mass is 540 g/mol. The average Bonchev–Trinajstić information content (AvgIpc) is 3.04. The highest BCUT2D eigenvalue weighted by Crippen LogP contribution is 2.32. The highest BCUT2D eigenvalue weighted by atomic mass is 127. The largest absolute Gasteiger partial charge is 0.357 e. The second-order valence-electron chi connectivity index (χ2n) is 9.30. The molecule has 0 aromatic rings. The number of halogens is 1. The van der Waals surface area contributed by atoms with Gasteiger partial charge in [-0.2, -0.15) is 0 Å². The minimum Gasteiger partial charge on any atom is -0.357 e. The lowest BCUT2D eigenvalue weighted by molar-refractivity contribution is 0.0864. The van der Waals surface area contributed by atoms with Gasteiger partial charge in [0.2, 0.25) is 0 Å². The molecular formula is C21H41IN4O2S. The quantitative estimate of drug-likeness (QED) is 0.330. The van der Waals surface area contributed by atoms with E-state index in [-0.39, 0.29) is 29.9 Å². The minimum absolute atomic E-state index is 0. The first kappa shape index (κ1) is 25.2. The van der Waals surface area contributed by atoms with Gasteiger partial charge < -0.3 is 10.2 Å². The van der Waals surface area contributed by atoms with Crippen molar-refractivity contribution in [3.63, 3.8) is 0 Å². The molecule has 2 heterocycles. The van der Waals surface area contributed by atoms with Crippen molar-refractivity contribution < 1.29 is 8.42 Å². The predicted octanol–water partition coefficient (Wildman–Crippen LogP) is 2.84. The molecule has 0 aromatic carbocycles. The van der Waals surface area contributed by atoms with Crippen LogP contribution in [0.5, 0.6) is 0 Å². The Morgan fingerprint density at radius 3 is 2.24 bits per heavy atom. The molecule has 8 heteroatoms. The van der Waals surface area contributed by atoms with Crippen LogP contribution >= 0.6 is 24.0 Å². The number of nitrogens with zero attached hydrogens (tertiary/aromatic N) is 3. The SMILES string of the molecule is CCNC(=NCC1CCS(=O)(=O)C1)N1CCN(C2CCC(C(C)C)CC2)CC1.I. The van der Waals surface area contributed by atoms with Crippen LogP contribution in [0.1, 0.15) is 52.9 Å². The number of rotatable bonds is 5. The molecule has 2 aliphatic heterocycles. The van der Waals surface area contributed by atoms with Crippen molar-refractivity contribution in [2.75, 3.05) is 50.8 Å². The lowest BCUT2D eigenvalue weighted by Gasteiger charge is -2.43. The van der Waals surface area contributed by atoms with Gasteiger partial charge in [0.15, 0.2) is 15.8 Å². The fourth-order valence-electron chi connectivity index (χ4n) is 5.09. The van der Waals surface area contributed by atoms with E-state index in [0.717, 1.165) is 63.0 Å². The average molecular weight is 541 g/mol. The van der Waals surface area contributed by atoms with Crippen LogP contribution in [0.15, 0.2) is 4.99 Å². The van der Waals surface area contributed by atoms with Crippen LogP contribution in [0, 0.1) is 17.8 Å². The van der Waals surface area contributed by atoms with Crippen molar-refractivity contribution in [3.05, 3.63) is 0 Å². The van der Waals surface area contributed by atoms with Gasteiger partial charge in [-0.25, -0.2) is 8.42 Å². The molecule has 0 spiro atoms. The van der Waals surface area contributed by atoms with Crippen molar-refractivity contribution in [3.8, 4) is 0 Å². The zero-order valence-electron chi connectivity index (χ0n) is 18.5. The molecule has 29 heavy (non-hydrogen) atoms. The second-order valence-corrected chi connectivity index (χ2v) is 11.5. The van der Waals surface area contributed by atoms with Crippen LogP contribution < -0.4 is 5.32 Å². The van der Waals surface area contributed by atoms with E-state index < -0.39 is 9.84 Å². The molecule has 3 aliphatic rings. The van der Waals surface area contributed by atoms with E-state index >= 15 is 0 Å². The summed E-state index contributed by atoms with van der Waals surface area (Å²) in [7, 11) is -2.82. The highest BCUT2D eigenvalue weighted by Gasteiger charge is 2.31. The molecule has 0 aromatic heterocycles. The Hall–Kier alpha value is -0.0900. The first-order valence-electron chi connectivity index (χ1n) is 11.4. The van der Waals surface area contributed by atoms with Gasteiger partial charge in [0, 0.05) is 45.3 Å². The van der Waals surface area contributed by atoms with Crippen molar-refractivity contribution in [1.29, 1.82) is 0 Å². The van der Waals surface area contributed by atoms with Crippen LogP contribution in [-0.2, 0) is 9.84 Å². The van der Waals surface area contributed by atoms with Gasteiger partial charge in [0.05, 0.1) is 11.5 Å². The Bertz CT molecular complexity index is 625. The van der Waals surface area contributed by atoms with Crippen molar-refractivity contribution >= 4 is 39.8 Å². The summed E-state index contributed by atoms with van der Waals surface area (Å²) in [5.41, 5.74) is 0. The summed E-state index contributed by atoms with van der Waals surface area (Å²) in [5, 5.41) is 3.42. The first-order chi connectivity index (χ1) is 13.4. The van der Waals surface area contributed by atoms with Gasteiger partial charge in [-0.3, -0.25) is 9.89 Å². The first-order valence-corrected chi connectivity index (χ1v) is 13.2. The van der Waals surface area contributed by atoms with E-state index in [1.165, 1.54) is 25.7 Å². The minimum atomic E-state index is -2.82. The number of aliphatic imine (C=N–C) groups is 1. The molecule has 0 amide bonds. The number of guanidine groups is 1. The molecule has 3 fully saturated rings. The van der Waals surface area contributed by atoms with Gasteiger partial charge in [-0.15, -0.1) is 24.0 Å². The van der Waals surface area contributed by atoms with Gasteiger partial charge in [0.25, 0.3) is 0 Å². The Balaban J connectivity index is 0.00000300. The summed E-state index contributed by atoms with van der Waals surface area (Å²) in [6, 6.07) is 0.764. The lowest BCUT2D eigenvalue weighted by atomic mass is 9.79. The maximum Gasteiger partial charge on any atom is 0.194 e. The molecule has 1 aliphatic carbocycles. The van der Waals surface area contributed by atoms with Crippen molar-refractivity contribution in [1.82, 2.24) is 15.1 Å². The molecule has 2 saturated heterocycles. The fraction of sp³-hybridized carbons (Fsp3) is 0.952. The summed E-state index contributed by atoms with van der Waals surface area (Å²) in [6.45, 7) is 12.6. The summed E-state index contributed by atoms with van der Waals surface area (Å²) < 4.78 is 23.4. The third-order valence-corrected chi connectivity index (χ3v) is 8.81. The Morgan fingerprint density at radius 1 is 1.07 bits per heavy atom. The number of sulfone groups is 1. The summed E-state index contributed by atoms with van der Waals surface area (Å²) in [6.07, 6.45) is 6.24. The zero-order chi connectivity index (χ0) is 20.1. The Labute approximate surface area is 195 Å². The molecule has 1 N–H and O–H groups in total. The molecule has 3 rings (SSSR count). The van der Waals surface area contributed by atoms with E-state index in [1.54, 1.807) is 0 Å². The molecule has 6 nitrogen and oxygen atoms in total. The molecule has 1 atom stereocenters. The zero-order valence-corrected chi connectivity index (χ0v) is 21.6. The number of nitrogens with one attached hydrogen (secondary N) is 1. The summed E-state index contributed by atoms with van der Waals surface area (Å²) >= 11 is 0. The molecular weight excluding hydrogens is 499 g/mol. The van der Waals surface area contributed by atoms with Crippen LogP contribution in [0.2, 0.25) is 0 Å². The maximum atomic E-state index is 11.7. The fourth-order valence-corrected chi connectivity index (χ4v) is 6.94. The summed E-state index contributed by atoms with van der Waals surface area (Å²) in [5.74, 6) is 3.55. The number of hydrogen-bond donors (Lipinski definition) is 1. The molecule has 170 valence electrons. The molecule has 0 bridgehead atoms. The van der Waals surface area contributed by atoms with E-state index in [2.05, 4.69) is 35.9 Å². The number of hydrogen-bond acceptors (Lipinski definition) is 4. The van der Waals surface area contributed by atoms with E-state index in [1.807, 2.05) is 0 Å². The topological polar surface area (TPSA) is 65.0 Å². The normalized spacial score (nSPS) is 31.0. The van der Waals surface area contributed by atoms with Crippen LogP contribution in [0.3, 0.4) is 0 Å². The molecule has 1 saturated carbocycles. The highest BCUT2D eigenvalue weighted by molar-refractivity contribution is 14.0. The maximum absolute atomic E-state index is 11.7. The third-order valence-electron chi connectivity index (χ3n) is 6.98. The van der Waals surface area contributed by atoms with Crippen molar-refractivity contribution in [2.45, 2.75) is 58.9 Å². The predicted molar refractivity (Wildman–Crippen MR) is 132 cm³/mol. The standard InChI is InChI=1S/C21H40N4O2S.HI/c1-4-22-21(23-15-18-9-14-28(26,27)16-18)25-12-10-24(11-13-25)20-7-5-19(6-8-20)17(2)3;/h17-20H,4-16H2,1-3H3,(H,22,23);1H. The van der Waals surface area contributed by atoms with Crippen molar-refractivity contribution in [2.24, 2.45) is 22.7 Å². The second kappa shape index (κ2) is 11.5. The third kappa shape index (κ3) is 7.23. The molecule has 1 unspecified atom stereocenters. The van der Waals surface area contributed by atoms with Gasteiger partial charge in [-0.05, 0) is 56.8 Å². The molecule has 0 radical (unpaired) electrons. The summed E-state index contributed by atoms with van der Waals surface area (Å²) in [4.78, 5) is 9.86. The smallest absolute Gasteiger partial charge is 0.194 e. The van der Waals surface area contributed by atoms with Gasteiger partial charge in [0.1, 0.15) is 0 Å². The van der Waals surface area contributed by atoms with Gasteiger partial charge >= 0.3 is 0 Å². The van der Waals surface area contributed by atoms with E-state index in [9.17, 15) is 8.42 Å². The van der Waals surface area contributed by atoms with E-state index in [4.69, 9.17) is 4.99 Å². The van der Waals surface area contributed by atoms with Crippen LogP contribution in [0.4, 0.5) is 0 Å². The van der Waals surface area contributed by atoms with Crippen LogP contribution in [0.25, 0.3) is 0 Å². The van der Waals surface area contributed by atoms with E-state index in [0.29, 0.717) is 18.1 Å². The number of piperazine rings is 1. The van der Waals surface area contributed by atoms with Gasteiger partial charge in [-0.1, -0.05) is 13.8 Å².